The number of nitrogens with one attached hydrogen (secondary N) is 1. The molecule has 3 rings (SSSR count). The molecule has 6 nitrogen and oxygen atoms in total. The predicted molar refractivity (Wildman–Crippen MR) is 125 cm³/mol. The van der Waals surface area contributed by atoms with Crippen LogP contribution >= 0.6 is 0 Å². The smallest absolute Gasteiger partial charge is 0.315 e. The Hall–Kier alpha value is -3.14. The van der Waals surface area contributed by atoms with Gasteiger partial charge < -0.3 is 20.5 Å². The Morgan fingerprint density at radius 2 is 1.97 bits per heavy atom. The molecule has 1 amide bonds. The van der Waals surface area contributed by atoms with Gasteiger partial charge in [0.05, 0.1) is 13.2 Å². The second-order valence-corrected chi connectivity index (χ2v) is 8.69. The SMILES string of the molecule is C=C(C=CC(F)=CCCC)C(=O)Nc1ccc(F)c(C2(C)N=C(N)OC3(CCOCC3)C2(F)F)c1. The number of nitrogens with zero attached hydrogens (tertiary/aromatic N) is 1. The highest BCUT2D eigenvalue weighted by atomic mass is 19.3. The van der Waals surface area contributed by atoms with E-state index in [1.54, 1.807) is 0 Å². The molecule has 0 bridgehead atoms. The molecule has 2 aliphatic heterocycles. The van der Waals surface area contributed by atoms with Crippen molar-refractivity contribution in [2.45, 2.75) is 56.6 Å². The minimum atomic E-state index is -3.66. The van der Waals surface area contributed by atoms with E-state index in [1.807, 2.05) is 6.92 Å². The van der Waals surface area contributed by atoms with E-state index in [-0.39, 0.29) is 37.3 Å². The average Bonchev–Trinajstić information content (AvgIpc) is 2.81. The van der Waals surface area contributed by atoms with Crippen LogP contribution in [0.15, 0.2) is 59.4 Å². The molecule has 1 atom stereocenters. The number of unbranched alkanes of at least 4 members (excludes halogenated alkanes) is 1. The number of benzene rings is 1. The standard InChI is InChI=1S/C25H29F4N3O3/c1-4-5-6-17(26)8-7-16(2)21(33)31-18-9-10-20(27)19(15-18)23(3)25(28,29)24(35-22(30)32-23)11-13-34-14-12-24/h6-10,15H,2,4-5,11-14H2,1,3H3,(H2,30,32)(H,31,33). The number of amidine groups is 1. The lowest BCUT2D eigenvalue weighted by Crippen LogP contribution is -2.66. The van der Waals surface area contributed by atoms with Crippen LogP contribution < -0.4 is 11.1 Å². The van der Waals surface area contributed by atoms with Gasteiger partial charge in [0.2, 0.25) is 0 Å². The van der Waals surface area contributed by atoms with Gasteiger partial charge in [0, 0.05) is 29.7 Å². The van der Waals surface area contributed by atoms with Crippen LogP contribution in [0.25, 0.3) is 0 Å². The Labute approximate surface area is 201 Å². The zero-order valence-corrected chi connectivity index (χ0v) is 19.7. The normalized spacial score (nSPS) is 23.6. The molecule has 1 saturated heterocycles. The second kappa shape index (κ2) is 10.2. The molecule has 1 aromatic carbocycles. The minimum Gasteiger partial charge on any atom is -0.452 e. The maximum atomic E-state index is 16.0. The lowest BCUT2D eigenvalue weighted by Gasteiger charge is -2.51. The number of ether oxygens (including phenoxy) is 2. The number of amides is 1. The summed E-state index contributed by atoms with van der Waals surface area (Å²) in [7, 11) is 0. The van der Waals surface area contributed by atoms with Crippen molar-refractivity contribution in [3.8, 4) is 0 Å². The largest absolute Gasteiger partial charge is 0.452 e. The number of anilines is 1. The van der Waals surface area contributed by atoms with Crippen molar-refractivity contribution in [2.75, 3.05) is 18.5 Å². The van der Waals surface area contributed by atoms with Gasteiger partial charge in [-0.3, -0.25) is 4.79 Å². The molecule has 1 aromatic rings. The number of halogens is 4. The lowest BCUT2D eigenvalue weighted by atomic mass is 9.72. The van der Waals surface area contributed by atoms with Gasteiger partial charge in [0.1, 0.15) is 11.6 Å². The summed E-state index contributed by atoms with van der Waals surface area (Å²) >= 11 is 0. The van der Waals surface area contributed by atoms with Gasteiger partial charge in [-0.25, -0.2) is 13.8 Å². The first kappa shape index (κ1) is 26.5. The molecule has 190 valence electrons. The molecule has 10 heteroatoms. The van der Waals surface area contributed by atoms with Crippen LogP contribution in [-0.4, -0.2) is 36.7 Å². The number of carbonyl (C=O) groups is 1. The first-order valence-corrected chi connectivity index (χ1v) is 11.3. The Bertz CT molecular complexity index is 1080. The van der Waals surface area contributed by atoms with E-state index < -0.39 is 46.2 Å². The monoisotopic (exact) mass is 495 g/mol. The summed E-state index contributed by atoms with van der Waals surface area (Å²) in [4.78, 5) is 16.3. The minimum absolute atomic E-state index is 0.0289. The summed E-state index contributed by atoms with van der Waals surface area (Å²) in [6.45, 7) is 6.62. The van der Waals surface area contributed by atoms with Crippen LogP contribution in [0.5, 0.6) is 0 Å². The fourth-order valence-corrected chi connectivity index (χ4v) is 4.16. The maximum Gasteiger partial charge on any atom is 0.315 e. The van der Waals surface area contributed by atoms with Crippen LogP contribution in [0.4, 0.5) is 23.2 Å². The fraction of sp³-hybridized carbons (Fsp3) is 0.440. The molecule has 2 aliphatic rings. The van der Waals surface area contributed by atoms with Gasteiger partial charge in [-0.15, -0.1) is 0 Å². The lowest BCUT2D eigenvalue weighted by molar-refractivity contribution is -0.247. The van der Waals surface area contributed by atoms with Crippen LogP contribution in [0, 0.1) is 5.82 Å². The molecule has 2 heterocycles. The third kappa shape index (κ3) is 5.12. The summed E-state index contributed by atoms with van der Waals surface area (Å²) in [5.74, 6) is -5.84. The van der Waals surface area contributed by atoms with Crippen molar-refractivity contribution in [1.82, 2.24) is 0 Å². The van der Waals surface area contributed by atoms with E-state index in [9.17, 15) is 13.6 Å². The Kier molecular flexibility index (Phi) is 7.74. The van der Waals surface area contributed by atoms with Crippen LogP contribution in [-0.2, 0) is 19.8 Å². The highest BCUT2D eigenvalue weighted by Crippen LogP contribution is 2.55. The molecule has 0 radical (unpaired) electrons. The Morgan fingerprint density at radius 1 is 1.29 bits per heavy atom. The first-order valence-electron chi connectivity index (χ1n) is 11.3. The second-order valence-electron chi connectivity index (χ2n) is 8.69. The summed E-state index contributed by atoms with van der Waals surface area (Å²) in [6, 6.07) is 2.77. The van der Waals surface area contributed by atoms with Crippen molar-refractivity contribution >= 4 is 17.6 Å². The van der Waals surface area contributed by atoms with Crippen molar-refractivity contribution in [1.29, 1.82) is 0 Å². The quantitative estimate of drug-likeness (QED) is 0.306. The number of nitrogens with two attached hydrogens (primary N) is 1. The summed E-state index contributed by atoms with van der Waals surface area (Å²) in [5.41, 5.74) is 0.837. The summed E-state index contributed by atoms with van der Waals surface area (Å²) < 4.78 is 71.1. The van der Waals surface area contributed by atoms with Crippen LogP contribution in [0.2, 0.25) is 0 Å². The molecule has 0 aromatic heterocycles. The van der Waals surface area contributed by atoms with E-state index in [0.717, 1.165) is 31.6 Å². The van der Waals surface area contributed by atoms with Crippen LogP contribution in [0.3, 0.4) is 0 Å². The predicted octanol–water partition coefficient (Wildman–Crippen LogP) is 5.27. The number of carbonyl (C=O) groups excluding carboxylic acids is 1. The van der Waals surface area contributed by atoms with Crippen LogP contribution in [0.1, 0.15) is 45.1 Å². The average molecular weight is 496 g/mol. The van der Waals surface area contributed by atoms with Crippen molar-refractivity contribution in [3.63, 3.8) is 0 Å². The van der Waals surface area contributed by atoms with E-state index in [0.29, 0.717) is 6.42 Å². The molecule has 1 spiro atoms. The van der Waals surface area contributed by atoms with Gasteiger partial charge >= 0.3 is 5.92 Å². The molecule has 1 unspecified atom stereocenters. The first-order chi connectivity index (χ1) is 16.5. The summed E-state index contributed by atoms with van der Waals surface area (Å²) in [6.07, 6.45) is 4.67. The van der Waals surface area contributed by atoms with Gasteiger partial charge in [0.15, 0.2) is 11.1 Å². The maximum absolute atomic E-state index is 16.0. The van der Waals surface area contributed by atoms with Gasteiger partial charge in [-0.2, -0.15) is 8.78 Å². The van der Waals surface area contributed by atoms with E-state index in [1.165, 1.54) is 18.2 Å². The zero-order valence-electron chi connectivity index (χ0n) is 19.7. The number of rotatable bonds is 7. The van der Waals surface area contributed by atoms with E-state index in [2.05, 4.69) is 16.9 Å². The zero-order chi connectivity index (χ0) is 25.9. The fourth-order valence-electron chi connectivity index (χ4n) is 4.16. The molecule has 1 fully saturated rings. The number of aliphatic imine (C=N–C) groups is 1. The third-order valence-corrected chi connectivity index (χ3v) is 6.23. The van der Waals surface area contributed by atoms with E-state index >= 15 is 8.78 Å². The van der Waals surface area contributed by atoms with Crippen molar-refractivity contribution in [2.24, 2.45) is 10.7 Å². The van der Waals surface area contributed by atoms with Gasteiger partial charge in [-0.05, 0) is 49.8 Å². The molecule has 35 heavy (non-hydrogen) atoms. The van der Waals surface area contributed by atoms with Crippen molar-refractivity contribution < 1.29 is 31.8 Å². The highest BCUT2D eigenvalue weighted by Gasteiger charge is 2.70. The number of allylic oxidation sites excluding steroid dienone is 3. The Morgan fingerprint density at radius 3 is 2.63 bits per heavy atom. The molecular weight excluding hydrogens is 466 g/mol. The summed E-state index contributed by atoms with van der Waals surface area (Å²) in [5, 5.41) is 2.47. The topological polar surface area (TPSA) is 85.9 Å². The number of alkyl halides is 2. The van der Waals surface area contributed by atoms with Crippen molar-refractivity contribution in [3.05, 3.63) is 65.8 Å². The van der Waals surface area contributed by atoms with Gasteiger partial charge in [-0.1, -0.05) is 19.9 Å². The Balaban J connectivity index is 1.90. The number of hydrogen-bond acceptors (Lipinski definition) is 5. The molecule has 0 aliphatic carbocycles. The van der Waals surface area contributed by atoms with Gasteiger partial charge in [0.25, 0.3) is 11.9 Å². The van der Waals surface area contributed by atoms with E-state index in [4.69, 9.17) is 15.2 Å². The molecule has 0 saturated carbocycles. The highest BCUT2D eigenvalue weighted by molar-refractivity contribution is 6.05. The third-order valence-electron chi connectivity index (χ3n) is 6.23. The molecular formula is C25H29F4N3O3. The number of hydrogen-bond donors (Lipinski definition) is 2. The molecule has 3 N–H and O–H groups in total.